The lowest BCUT2D eigenvalue weighted by Crippen LogP contribution is -2.49. The number of nitrogens with zero attached hydrogens (tertiary/aromatic N) is 2. The van der Waals surface area contributed by atoms with Gasteiger partial charge in [-0.05, 0) is 23.8 Å². The Morgan fingerprint density at radius 3 is 2.79 bits per heavy atom. The van der Waals surface area contributed by atoms with Crippen LogP contribution in [0.3, 0.4) is 0 Å². The number of aliphatic imine (C=N–C) groups is 1. The van der Waals surface area contributed by atoms with Crippen molar-refractivity contribution in [2.75, 3.05) is 4.42 Å². The zero-order valence-electron chi connectivity index (χ0n) is 10.1. The maximum atomic E-state index is 6.46. The Labute approximate surface area is 116 Å². The summed E-state index contributed by atoms with van der Waals surface area (Å²) in [6.07, 6.45) is 2.49. The number of rotatable bonds is 0. The van der Waals surface area contributed by atoms with E-state index in [0.29, 0.717) is 6.42 Å². The van der Waals surface area contributed by atoms with Crippen LogP contribution in [0.15, 0.2) is 53.5 Å². The van der Waals surface area contributed by atoms with Gasteiger partial charge in [-0.2, -0.15) is 0 Å². The largest absolute Gasteiger partial charge is 0.459 e. The van der Waals surface area contributed by atoms with Crippen molar-refractivity contribution in [3.05, 3.63) is 54.1 Å². The van der Waals surface area contributed by atoms with Crippen LogP contribution in [0.5, 0.6) is 5.75 Å². The van der Waals surface area contributed by atoms with Gasteiger partial charge in [0.05, 0.1) is 11.9 Å². The van der Waals surface area contributed by atoms with Crippen molar-refractivity contribution in [2.24, 2.45) is 4.99 Å². The average Bonchev–Trinajstić information content (AvgIpc) is 2.72. The molecule has 0 saturated heterocycles. The number of para-hydroxylation sites is 3. The van der Waals surface area contributed by atoms with E-state index >= 15 is 0 Å². The molecule has 0 fully saturated rings. The molecule has 0 amide bonds. The molecular formula is C15H11ClN2O. The molecule has 2 aromatic rings. The summed E-state index contributed by atoms with van der Waals surface area (Å²) in [6.45, 7) is 0. The number of benzene rings is 2. The topological polar surface area (TPSA) is 24.8 Å². The van der Waals surface area contributed by atoms with Gasteiger partial charge >= 0.3 is 0 Å². The van der Waals surface area contributed by atoms with Gasteiger partial charge in [-0.1, -0.05) is 30.3 Å². The molecule has 4 rings (SSSR count). The van der Waals surface area contributed by atoms with Crippen LogP contribution < -0.4 is 9.16 Å². The minimum Gasteiger partial charge on any atom is -0.459 e. The summed E-state index contributed by atoms with van der Waals surface area (Å²) in [4.78, 5) is 4.49. The van der Waals surface area contributed by atoms with E-state index < -0.39 is 5.72 Å². The fourth-order valence-corrected chi connectivity index (χ4v) is 2.91. The van der Waals surface area contributed by atoms with E-state index in [4.69, 9.17) is 16.5 Å². The van der Waals surface area contributed by atoms with Crippen molar-refractivity contribution in [1.82, 2.24) is 0 Å². The Balaban J connectivity index is 1.80. The van der Waals surface area contributed by atoms with Gasteiger partial charge in [0.1, 0.15) is 11.4 Å². The van der Waals surface area contributed by atoms with Gasteiger partial charge in [-0.15, -0.1) is 0 Å². The zero-order valence-corrected chi connectivity index (χ0v) is 10.8. The zero-order chi connectivity index (χ0) is 12.9. The van der Waals surface area contributed by atoms with E-state index in [1.807, 2.05) is 42.5 Å². The third-order valence-corrected chi connectivity index (χ3v) is 4.00. The molecule has 19 heavy (non-hydrogen) atoms. The van der Waals surface area contributed by atoms with E-state index in [1.54, 1.807) is 10.6 Å². The molecular weight excluding hydrogens is 260 g/mol. The van der Waals surface area contributed by atoms with Crippen LogP contribution >= 0.6 is 11.8 Å². The predicted octanol–water partition coefficient (Wildman–Crippen LogP) is 3.69. The minimum absolute atomic E-state index is 0.699. The summed E-state index contributed by atoms with van der Waals surface area (Å²) in [6, 6.07) is 15.8. The monoisotopic (exact) mass is 270 g/mol. The van der Waals surface area contributed by atoms with Crippen LogP contribution in [0.25, 0.3) is 0 Å². The molecule has 0 bridgehead atoms. The highest BCUT2D eigenvalue weighted by atomic mass is 35.5. The Kier molecular flexibility index (Phi) is 2.15. The molecule has 0 aliphatic carbocycles. The molecule has 1 atom stereocenters. The van der Waals surface area contributed by atoms with Crippen LogP contribution in [0.1, 0.15) is 5.56 Å². The van der Waals surface area contributed by atoms with Crippen molar-refractivity contribution < 1.29 is 4.74 Å². The lowest BCUT2D eigenvalue weighted by Gasteiger charge is -2.34. The third-order valence-electron chi connectivity index (χ3n) is 3.54. The van der Waals surface area contributed by atoms with Gasteiger partial charge in [0, 0.05) is 18.2 Å². The first-order chi connectivity index (χ1) is 9.28. The maximum Gasteiger partial charge on any atom is 0.237 e. The second kappa shape index (κ2) is 3.75. The van der Waals surface area contributed by atoms with E-state index in [2.05, 4.69) is 11.1 Å². The third kappa shape index (κ3) is 1.48. The van der Waals surface area contributed by atoms with Crippen molar-refractivity contribution in [3.8, 4) is 5.75 Å². The summed E-state index contributed by atoms with van der Waals surface area (Å²) in [5.41, 5.74) is 2.28. The number of hydrogen-bond acceptors (Lipinski definition) is 3. The van der Waals surface area contributed by atoms with Crippen molar-refractivity contribution in [3.63, 3.8) is 0 Å². The molecule has 1 unspecified atom stereocenters. The Morgan fingerprint density at radius 1 is 1.11 bits per heavy atom. The average molecular weight is 271 g/mol. The van der Waals surface area contributed by atoms with Gasteiger partial charge in [0.15, 0.2) is 0 Å². The first kappa shape index (κ1) is 10.9. The molecule has 2 aliphatic heterocycles. The normalized spacial score (nSPS) is 23.1. The number of fused-ring (bicyclic) bond motifs is 2. The number of anilines is 1. The molecule has 0 radical (unpaired) electrons. The van der Waals surface area contributed by atoms with Gasteiger partial charge in [0.2, 0.25) is 5.72 Å². The van der Waals surface area contributed by atoms with Crippen molar-refractivity contribution in [1.29, 1.82) is 0 Å². The van der Waals surface area contributed by atoms with E-state index in [9.17, 15) is 0 Å². The minimum atomic E-state index is -0.709. The van der Waals surface area contributed by atoms with Crippen LogP contribution in [0.2, 0.25) is 0 Å². The van der Waals surface area contributed by atoms with Crippen molar-refractivity contribution in [2.45, 2.75) is 12.1 Å². The van der Waals surface area contributed by atoms with E-state index in [0.717, 1.165) is 17.1 Å². The first-order valence-corrected chi connectivity index (χ1v) is 6.49. The smallest absolute Gasteiger partial charge is 0.237 e. The highest BCUT2D eigenvalue weighted by molar-refractivity contribution is 6.28. The molecule has 3 nitrogen and oxygen atoms in total. The van der Waals surface area contributed by atoms with Crippen LogP contribution in [-0.2, 0) is 6.42 Å². The summed E-state index contributed by atoms with van der Waals surface area (Å²) >= 11 is 6.46. The lowest BCUT2D eigenvalue weighted by molar-refractivity contribution is 0.165. The summed E-state index contributed by atoms with van der Waals surface area (Å²) in [7, 11) is 0. The maximum absolute atomic E-state index is 6.46. The summed E-state index contributed by atoms with van der Waals surface area (Å²) in [5.74, 6) is 0.767. The number of ether oxygens (including phenoxy) is 1. The molecule has 4 heteroatoms. The van der Waals surface area contributed by atoms with Crippen LogP contribution in [-0.4, -0.2) is 11.9 Å². The molecule has 94 valence electrons. The van der Waals surface area contributed by atoms with Crippen molar-refractivity contribution >= 4 is 29.4 Å². The van der Waals surface area contributed by atoms with Gasteiger partial charge in [-0.25, -0.2) is 4.42 Å². The Hall–Kier alpha value is -2.00. The molecule has 0 N–H and O–H groups in total. The first-order valence-electron chi connectivity index (χ1n) is 6.16. The molecule has 1 spiro atoms. The van der Waals surface area contributed by atoms with E-state index in [1.165, 1.54) is 5.56 Å². The summed E-state index contributed by atoms with van der Waals surface area (Å²) < 4.78 is 7.76. The Bertz CT molecular complexity index is 685. The lowest BCUT2D eigenvalue weighted by atomic mass is 10.1. The SMILES string of the molecule is ClN1c2ccccc2CC12C=Nc1ccccc1O2. The molecule has 0 aromatic heterocycles. The highest BCUT2D eigenvalue weighted by Gasteiger charge is 2.46. The highest BCUT2D eigenvalue weighted by Crippen LogP contribution is 2.44. The second-order valence-electron chi connectivity index (χ2n) is 4.76. The second-order valence-corrected chi connectivity index (χ2v) is 5.10. The van der Waals surface area contributed by atoms with Gasteiger partial charge < -0.3 is 4.74 Å². The molecule has 2 aliphatic rings. The van der Waals surface area contributed by atoms with Crippen LogP contribution in [0.4, 0.5) is 11.4 Å². The number of hydrogen-bond donors (Lipinski definition) is 0. The van der Waals surface area contributed by atoms with Gasteiger partial charge in [0.25, 0.3) is 0 Å². The quantitative estimate of drug-likeness (QED) is 0.682. The number of halogens is 1. The molecule has 2 aromatic carbocycles. The summed E-state index contributed by atoms with van der Waals surface area (Å²) in [5, 5.41) is 0. The van der Waals surface area contributed by atoms with Crippen LogP contribution in [0, 0.1) is 0 Å². The molecule has 0 saturated carbocycles. The fraction of sp³-hybridized carbons (Fsp3) is 0.133. The standard InChI is InChI=1S/C15H11ClN2O/c16-18-13-7-3-1-5-11(13)9-15(18)10-17-12-6-2-4-8-14(12)19-15/h1-8,10H,9H2. The fourth-order valence-electron chi connectivity index (χ4n) is 2.61. The Morgan fingerprint density at radius 2 is 1.89 bits per heavy atom. The van der Waals surface area contributed by atoms with E-state index in [-0.39, 0.29) is 0 Å². The predicted molar refractivity (Wildman–Crippen MR) is 76.4 cm³/mol. The van der Waals surface area contributed by atoms with Gasteiger partial charge in [-0.3, -0.25) is 4.99 Å². The molecule has 2 heterocycles.